The van der Waals surface area contributed by atoms with E-state index in [1.165, 1.54) is 0 Å². The van der Waals surface area contributed by atoms with Crippen molar-refractivity contribution in [3.05, 3.63) is 24.3 Å². The zero-order valence-corrected chi connectivity index (χ0v) is 9.59. The summed E-state index contributed by atoms with van der Waals surface area (Å²) >= 11 is 0. The minimum Gasteiger partial charge on any atom is -0.396 e. The van der Waals surface area contributed by atoms with E-state index in [4.69, 9.17) is 11.5 Å². The van der Waals surface area contributed by atoms with Crippen LogP contribution in [0.25, 0.3) is 0 Å². The summed E-state index contributed by atoms with van der Waals surface area (Å²) in [7, 11) is 0. The van der Waals surface area contributed by atoms with Gasteiger partial charge in [0.1, 0.15) is 18.0 Å². The van der Waals surface area contributed by atoms with E-state index >= 15 is 0 Å². The minimum atomic E-state index is 0.326. The molecule has 0 aliphatic heterocycles. The van der Waals surface area contributed by atoms with Crippen LogP contribution in [0, 0.1) is 0 Å². The lowest BCUT2D eigenvalue weighted by molar-refractivity contribution is 0.707. The van der Waals surface area contributed by atoms with Gasteiger partial charge in [0.2, 0.25) is 0 Å². The number of nitrogen functional groups attached to an aromatic ring is 2. The minimum absolute atomic E-state index is 0.326. The summed E-state index contributed by atoms with van der Waals surface area (Å²) in [4.78, 5) is 4.11. The Bertz CT molecular complexity index is 505. The van der Waals surface area contributed by atoms with E-state index in [1.54, 1.807) is 18.5 Å². The number of nitrogens with one attached hydrogen (secondary N) is 1. The van der Waals surface area contributed by atoms with E-state index in [1.807, 2.05) is 11.5 Å². The molecule has 0 unspecified atom stereocenters. The molecule has 0 atom stereocenters. The van der Waals surface area contributed by atoms with E-state index in [9.17, 15) is 0 Å². The molecule has 0 saturated heterocycles. The first-order valence-corrected chi connectivity index (χ1v) is 5.33. The van der Waals surface area contributed by atoms with Gasteiger partial charge < -0.3 is 21.4 Å². The Morgan fingerprint density at radius 3 is 2.88 bits per heavy atom. The van der Waals surface area contributed by atoms with Crippen LogP contribution in [0.4, 0.5) is 17.3 Å². The third-order valence-electron chi connectivity index (χ3n) is 2.42. The monoisotopic (exact) mass is 233 g/mol. The Balaban J connectivity index is 2.05. The Morgan fingerprint density at radius 1 is 1.35 bits per heavy atom. The number of anilines is 3. The average molecular weight is 233 g/mol. The molecule has 0 bridgehead atoms. The quantitative estimate of drug-likeness (QED) is 0.708. The molecule has 0 fully saturated rings. The highest BCUT2D eigenvalue weighted by Crippen LogP contribution is 2.14. The number of nitrogens with two attached hydrogens (primary N) is 2. The van der Waals surface area contributed by atoms with Crippen molar-refractivity contribution in [1.82, 2.24) is 19.7 Å². The van der Waals surface area contributed by atoms with Gasteiger partial charge in [-0.15, -0.1) is 10.2 Å². The Kier molecular flexibility index (Phi) is 3.08. The molecule has 17 heavy (non-hydrogen) atoms. The van der Waals surface area contributed by atoms with Crippen LogP contribution in [0.15, 0.2) is 18.5 Å². The van der Waals surface area contributed by atoms with E-state index < -0.39 is 0 Å². The number of nitrogens with zero attached hydrogens (tertiary/aromatic N) is 4. The van der Waals surface area contributed by atoms with Gasteiger partial charge in [-0.25, -0.2) is 4.98 Å². The number of hydrogen-bond acceptors (Lipinski definition) is 6. The van der Waals surface area contributed by atoms with Crippen molar-refractivity contribution in [2.24, 2.45) is 0 Å². The van der Waals surface area contributed by atoms with Gasteiger partial charge in [-0.2, -0.15) is 0 Å². The second-order valence-electron chi connectivity index (χ2n) is 3.56. The average Bonchev–Trinajstić information content (AvgIpc) is 2.78. The maximum Gasteiger partial charge on any atom is 0.152 e. The Morgan fingerprint density at radius 2 is 2.18 bits per heavy atom. The van der Waals surface area contributed by atoms with Crippen LogP contribution in [0.5, 0.6) is 0 Å². The molecule has 0 saturated carbocycles. The summed E-state index contributed by atoms with van der Waals surface area (Å²) in [5.74, 6) is 1.85. The molecule has 2 heterocycles. The van der Waals surface area contributed by atoms with Gasteiger partial charge >= 0.3 is 0 Å². The van der Waals surface area contributed by atoms with Gasteiger partial charge in [0.05, 0.1) is 12.2 Å². The third-order valence-corrected chi connectivity index (χ3v) is 2.42. The fraction of sp³-hybridized carbons (Fsp3) is 0.300. The van der Waals surface area contributed by atoms with Crippen molar-refractivity contribution in [2.75, 3.05) is 16.8 Å². The van der Waals surface area contributed by atoms with Crippen LogP contribution in [0.1, 0.15) is 12.7 Å². The van der Waals surface area contributed by atoms with Crippen LogP contribution in [-0.4, -0.2) is 19.7 Å². The molecule has 2 aromatic heterocycles. The molecular formula is C10H15N7. The molecule has 7 nitrogen and oxygen atoms in total. The predicted molar refractivity (Wildman–Crippen MR) is 66.1 cm³/mol. The maximum atomic E-state index is 5.62. The zero-order valence-electron chi connectivity index (χ0n) is 9.59. The number of aromatic nitrogens is 4. The summed E-state index contributed by atoms with van der Waals surface area (Å²) in [6, 6.07) is 3.49. The standard InChI is InChI=1S/C10H15N7/c1-2-17-6-14-16-9(17)5-13-8-4-3-7(11)10(12)15-8/h3-4,6H,2,5,11H2,1H3,(H3,12,13,15). The lowest BCUT2D eigenvalue weighted by Crippen LogP contribution is -2.09. The van der Waals surface area contributed by atoms with Crippen molar-refractivity contribution in [3.63, 3.8) is 0 Å². The smallest absolute Gasteiger partial charge is 0.152 e. The highest BCUT2D eigenvalue weighted by atomic mass is 15.3. The summed E-state index contributed by atoms with van der Waals surface area (Å²) in [5.41, 5.74) is 11.7. The molecule has 0 amide bonds. The molecule has 0 spiro atoms. The second kappa shape index (κ2) is 4.69. The van der Waals surface area contributed by atoms with E-state index in [0.717, 1.165) is 12.4 Å². The van der Waals surface area contributed by atoms with Crippen molar-refractivity contribution >= 4 is 17.3 Å². The topological polar surface area (TPSA) is 108 Å². The summed E-state index contributed by atoms with van der Waals surface area (Å²) in [5, 5.41) is 11.0. The highest BCUT2D eigenvalue weighted by Gasteiger charge is 2.03. The maximum absolute atomic E-state index is 5.62. The van der Waals surface area contributed by atoms with Gasteiger partial charge in [0, 0.05) is 6.54 Å². The molecule has 0 aromatic carbocycles. The number of hydrogen-bond donors (Lipinski definition) is 3. The lowest BCUT2D eigenvalue weighted by atomic mass is 10.4. The molecule has 5 N–H and O–H groups in total. The molecule has 0 radical (unpaired) electrons. The molecule has 90 valence electrons. The first-order chi connectivity index (χ1) is 8.20. The number of rotatable bonds is 4. The van der Waals surface area contributed by atoms with Crippen LogP contribution in [-0.2, 0) is 13.1 Å². The fourth-order valence-corrected chi connectivity index (χ4v) is 1.43. The largest absolute Gasteiger partial charge is 0.396 e. The second-order valence-corrected chi connectivity index (χ2v) is 3.56. The summed E-state index contributed by atoms with van der Waals surface area (Å²) in [6.45, 7) is 3.41. The zero-order chi connectivity index (χ0) is 12.3. The van der Waals surface area contributed by atoms with Gasteiger partial charge in [0.15, 0.2) is 5.82 Å². The predicted octanol–water partition coefficient (Wildman–Crippen LogP) is 0.470. The molecule has 0 aliphatic carbocycles. The van der Waals surface area contributed by atoms with Crippen molar-refractivity contribution in [2.45, 2.75) is 20.0 Å². The molecule has 0 aliphatic rings. The molecule has 7 heteroatoms. The molecule has 2 rings (SSSR count). The first kappa shape index (κ1) is 11.2. The van der Waals surface area contributed by atoms with Crippen molar-refractivity contribution in [3.8, 4) is 0 Å². The summed E-state index contributed by atoms with van der Waals surface area (Å²) < 4.78 is 1.95. The van der Waals surface area contributed by atoms with Crippen LogP contribution >= 0.6 is 0 Å². The van der Waals surface area contributed by atoms with Crippen molar-refractivity contribution in [1.29, 1.82) is 0 Å². The third kappa shape index (κ3) is 2.44. The molecular weight excluding hydrogens is 218 g/mol. The highest BCUT2D eigenvalue weighted by molar-refractivity contribution is 5.61. The van der Waals surface area contributed by atoms with Crippen LogP contribution in [0.3, 0.4) is 0 Å². The first-order valence-electron chi connectivity index (χ1n) is 5.33. The van der Waals surface area contributed by atoms with Gasteiger partial charge in [-0.3, -0.25) is 0 Å². The SMILES string of the molecule is CCn1cnnc1CNc1ccc(N)c(N)n1. The number of pyridine rings is 1. The van der Waals surface area contributed by atoms with Crippen molar-refractivity contribution < 1.29 is 0 Å². The number of aryl methyl sites for hydroxylation is 1. The van der Waals surface area contributed by atoms with Gasteiger partial charge in [-0.05, 0) is 19.1 Å². The van der Waals surface area contributed by atoms with E-state index in [-0.39, 0.29) is 0 Å². The van der Waals surface area contributed by atoms with Crippen LogP contribution < -0.4 is 16.8 Å². The lowest BCUT2D eigenvalue weighted by Gasteiger charge is -2.07. The Hall–Kier alpha value is -2.31. The van der Waals surface area contributed by atoms with Gasteiger partial charge in [0.25, 0.3) is 0 Å². The normalized spacial score (nSPS) is 10.4. The Labute approximate surface area is 98.9 Å². The fourth-order valence-electron chi connectivity index (χ4n) is 1.43. The van der Waals surface area contributed by atoms with Gasteiger partial charge in [-0.1, -0.05) is 0 Å². The van der Waals surface area contributed by atoms with E-state index in [0.29, 0.717) is 23.9 Å². The molecule has 2 aromatic rings. The summed E-state index contributed by atoms with van der Waals surface area (Å²) in [6.07, 6.45) is 1.70. The van der Waals surface area contributed by atoms with Crippen LogP contribution in [0.2, 0.25) is 0 Å². The van der Waals surface area contributed by atoms with E-state index in [2.05, 4.69) is 20.5 Å².